The molecule has 1 fully saturated rings. The molecule has 0 atom stereocenters. The van der Waals surface area contributed by atoms with E-state index in [9.17, 15) is 4.79 Å². The number of carbonyl (C=O) groups is 1. The number of carbonyl (C=O) groups excluding carboxylic acids is 1. The average molecular weight is 257 g/mol. The van der Waals surface area contributed by atoms with Gasteiger partial charge in [0.1, 0.15) is 0 Å². The van der Waals surface area contributed by atoms with Crippen molar-refractivity contribution in [3.05, 3.63) is 0 Å². The number of amides is 1. The van der Waals surface area contributed by atoms with Crippen molar-refractivity contribution in [1.29, 1.82) is 0 Å². The molecule has 0 saturated heterocycles. The van der Waals surface area contributed by atoms with Crippen molar-refractivity contribution in [2.75, 3.05) is 18.1 Å². The molecule has 0 radical (unpaired) electrons. The van der Waals surface area contributed by atoms with Crippen LogP contribution in [-0.2, 0) is 4.79 Å². The summed E-state index contributed by atoms with van der Waals surface area (Å²) in [7, 11) is 0. The number of rotatable bonds is 7. The monoisotopic (exact) mass is 257 g/mol. The zero-order chi connectivity index (χ0) is 12.5. The molecule has 0 bridgehead atoms. The van der Waals surface area contributed by atoms with Crippen molar-refractivity contribution in [1.82, 2.24) is 4.90 Å². The highest BCUT2D eigenvalue weighted by Crippen LogP contribution is 2.23. The number of hydrogen-bond donors (Lipinski definition) is 0. The fourth-order valence-electron chi connectivity index (χ4n) is 2.52. The molecule has 0 aromatic heterocycles. The Hall–Kier alpha value is -0.180. The highest BCUT2D eigenvalue weighted by Gasteiger charge is 2.23. The molecule has 0 aliphatic heterocycles. The van der Waals surface area contributed by atoms with Crippen molar-refractivity contribution >= 4 is 17.7 Å². The van der Waals surface area contributed by atoms with E-state index < -0.39 is 0 Å². The van der Waals surface area contributed by atoms with Gasteiger partial charge < -0.3 is 4.90 Å². The van der Waals surface area contributed by atoms with Gasteiger partial charge >= 0.3 is 0 Å². The SMILES string of the molecule is CCCCSCC(=O)N(CC)C1CCCCC1. The lowest BCUT2D eigenvalue weighted by atomic mass is 9.94. The number of nitrogens with zero attached hydrogens (tertiary/aromatic N) is 1. The summed E-state index contributed by atoms with van der Waals surface area (Å²) in [4.78, 5) is 14.3. The fraction of sp³-hybridized carbons (Fsp3) is 0.929. The van der Waals surface area contributed by atoms with Crippen LogP contribution in [0.5, 0.6) is 0 Å². The maximum atomic E-state index is 12.1. The molecule has 1 rings (SSSR count). The Morgan fingerprint density at radius 1 is 1.24 bits per heavy atom. The molecule has 0 spiro atoms. The first-order valence-electron chi connectivity index (χ1n) is 7.16. The summed E-state index contributed by atoms with van der Waals surface area (Å²) in [6, 6.07) is 0.535. The number of thioether (sulfide) groups is 1. The van der Waals surface area contributed by atoms with Gasteiger partial charge in [0, 0.05) is 12.6 Å². The van der Waals surface area contributed by atoms with E-state index in [0.29, 0.717) is 17.7 Å². The summed E-state index contributed by atoms with van der Waals surface area (Å²) in [5.74, 6) is 2.18. The topological polar surface area (TPSA) is 20.3 Å². The van der Waals surface area contributed by atoms with Gasteiger partial charge in [-0.25, -0.2) is 0 Å². The van der Waals surface area contributed by atoms with Crippen molar-refractivity contribution in [2.24, 2.45) is 0 Å². The van der Waals surface area contributed by atoms with E-state index >= 15 is 0 Å². The van der Waals surface area contributed by atoms with E-state index in [-0.39, 0.29) is 0 Å². The van der Waals surface area contributed by atoms with Gasteiger partial charge in [0.2, 0.25) is 5.91 Å². The third-order valence-corrected chi connectivity index (χ3v) is 4.57. The Bertz CT molecular complexity index is 214. The van der Waals surface area contributed by atoms with Crippen molar-refractivity contribution in [3.8, 4) is 0 Å². The summed E-state index contributed by atoms with van der Waals surface area (Å²) in [5, 5.41) is 0. The Balaban J connectivity index is 2.29. The minimum atomic E-state index is 0.362. The van der Waals surface area contributed by atoms with Crippen LogP contribution in [0.25, 0.3) is 0 Å². The molecule has 17 heavy (non-hydrogen) atoms. The molecule has 0 aromatic carbocycles. The first-order chi connectivity index (χ1) is 8.29. The first kappa shape index (κ1) is 14.9. The summed E-state index contributed by atoms with van der Waals surface area (Å²) in [6.45, 7) is 5.20. The average Bonchev–Trinajstić information content (AvgIpc) is 2.37. The largest absolute Gasteiger partial charge is 0.339 e. The molecule has 0 heterocycles. The predicted octanol–water partition coefficient (Wildman–Crippen LogP) is 3.70. The van der Waals surface area contributed by atoms with Gasteiger partial charge in [-0.05, 0) is 31.9 Å². The maximum Gasteiger partial charge on any atom is 0.232 e. The van der Waals surface area contributed by atoms with E-state index in [0.717, 1.165) is 12.3 Å². The molecule has 3 heteroatoms. The number of unbranched alkanes of at least 4 members (excludes halogenated alkanes) is 1. The van der Waals surface area contributed by atoms with Gasteiger partial charge in [-0.3, -0.25) is 4.79 Å². The lowest BCUT2D eigenvalue weighted by molar-refractivity contribution is -0.131. The third kappa shape index (κ3) is 5.33. The van der Waals surface area contributed by atoms with E-state index in [1.807, 2.05) is 0 Å². The standard InChI is InChI=1S/C14H27NOS/c1-3-5-11-17-12-14(16)15(4-2)13-9-7-6-8-10-13/h13H,3-12H2,1-2H3. The Morgan fingerprint density at radius 2 is 1.94 bits per heavy atom. The van der Waals surface area contributed by atoms with Crippen LogP contribution in [0, 0.1) is 0 Å². The van der Waals surface area contributed by atoms with Crippen molar-refractivity contribution in [3.63, 3.8) is 0 Å². The van der Waals surface area contributed by atoms with Crippen LogP contribution in [0.2, 0.25) is 0 Å². The molecular weight excluding hydrogens is 230 g/mol. The van der Waals surface area contributed by atoms with Crippen LogP contribution in [0.1, 0.15) is 58.8 Å². The van der Waals surface area contributed by atoms with Crippen LogP contribution >= 0.6 is 11.8 Å². The van der Waals surface area contributed by atoms with Gasteiger partial charge in [0.05, 0.1) is 5.75 Å². The summed E-state index contributed by atoms with van der Waals surface area (Å²) >= 11 is 1.80. The zero-order valence-electron chi connectivity index (χ0n) is 11.4. The van der Waals surface area contributed by atoms with Crippen LogP contribution in [0.3, 0.4) is 0 Å². The second-order valence-electron chi connectivity index (χ2n) is 4.88. The van der Waals surface area contributed by atoms with Gasteiger partial charge in [0.25, 0.3) is 0 Å². The summed E-state index contributed by atoms with van der Waals surface area (Å²) in [6.07, 6.45) is 8.86. The van der Waals surface area contributed by atoms with Crippen LogP contribution in [0.4, 0.5) is 0 Å². The van der Waals surface area contributed by atoms with Gasteiger partial charge in [-0.2, -0.15) is 11.8 Å². The van der Waals surface area contributed by atoms with Gasteiger partial charge in [0.15, 0.2) is 0 Å². The minimum Gasteiger partial charge on any atom is -0.339 e. The predicted molar refractivity (Wildman–Crippen MR) is 76.5 cm³/mol. The highest BCUT2D eigenvalue weighted by molar-refractivity contribution is 7.99. The molecule has 1 aliphatic carbocycles. The molecular formula is C14H27NOS. The second kappa shape index (κ2) is 8.84. The Labute approximate surface area is 111 Å². The maximum absolute atomic E-state index is 12.1. The molecule has 0 unspecified atom stereocenters. The van der Waals surface area contributed by atoms with E-state index in [4.69, 9.17) is 0 Å². The van der Waals surface area contributed by atoms with Gasteiger partial charge in [-0.15, -0.1) is 0 Å². The molecule has 0 aromatic rings. The minimum absolute atomic E-state index is 0.362. The Morgan fingerprint density at radius 3 is 2.53 bits per heavy atom. The number of hydrogen-bond acceptors (Lipinski definition) is 2. The smallest absolute Gasteiger partial charge is 0.232 e. The van der Waals surface area contributed by atoms with Crippen molar-refractivity contribution in [2.45, 2.75) is 64.8 Å². The molecule has 100 valence electrons. The van der Waals surface area contributed by atoms with E-state index in [2.05, 4.69) is 18.7 Å². The molecule has 1 amide bonds. The van der Waals surface area contributed by atoms with E-state index in [1.165, 1.54) is 44.9 Å². The lowest BCUT2D eigenvalue weighted by Gasteiger charge is -2.33. The molecule has 1 saturated carbocycles. The van der Waals surface area contributed by atoms with Crippen LogP contribution in [0.15, 0.2) is 0 Å². The quantitative estimate of drug-likeness (QED) is 0.648. The molecule has 1 aliphatic rings. The Kier molecular flexibility index (Phi) is 7.74. The zero-order valence-corrected chi connectivity index (χ0v) is 12.2. The van der Waals surface area contributed by atoms with Gasteiger partial charge in [-0.1, -0.05) is 32.6 Å². The third-order valence-electron chi connectivity index (χ3n) is 3.54. The summed E-state index contributed by atoms with van der Waals surface area (Å²) < 4.78 is 0. The second-order valence-corrected chi connectivity index (χ2v) is 5.98. The normalized spacial score (nSPS) is 17.1. The first-order valence-corrected chi connectivity index (χ1v) is 8.32. The highest BCUT2D eigenvalue weighted by atomic mass is 32.2. The van der Waals surface area contributed by atoms with E-state index in [1.54, 1.807) is 11.8 Å². The summed E-state index contributed by atoms with van der Waals surface area (Å²) in [5.41, 5.74) is 0. The van der Waals surface area contributed by atoms with Crippen LogP contribution in [-0.4, -0.2) is 34.9 Å². The lowest BCUT2D eigenvalue weighted by Crippen LogP contribution is -2.42. The molecule has 0 N–H and O–H groups in total. The molecule has 2 nitrogen and oxygen atoms in total. The van der Waals surface area contributed by atoms with Crippen LogP contribution < -0.4 is 0 Å². The van der Waals surface area contributed by atoms with Crippen molar-refractivity contribution < 1.29 is 4.79 Å². The fourth-order valence-corrected chi connectivity index (χ4v) is 3.50.